The first-order valence-corrected chi connectivity index (χ1v) is 7.15. The van der Waals surface area contributed by atoms with Crippen molar-refractivity contribution in [2.45, 2.75) is 6.92 Å². The molecule has 3 aromatic rings. The number of carbonyl (C=O) groups is 1. The summed E-state index contributed by atoms with van der Waals surface area (Å²) in [6.07, 6.45) is 0. The Balaban J connectivity index is 2.28. The highest BCUT2D eigenvalue weighted by molar-refractivity contribution is 6.10. The Labute approximate surface area is 133 Å². The first-order valence-electron chi connectivity index (χ1n) is 7.15. The third-order valence-corrected chi connectivity index (χ3v) is 3.49. The second-order valence-corrected chi connectivity index (χ2v) is 5.28. The normalized spacial score (nSPS) is 10.5. The van der Waals surface area contributed by atoms with Crippen molar-refractivity contribution in [1.82, 2.24) is 4.98 Å². The lowest BCUT2D eigenvalue weighted by molar-refractivity contribution is 0.100. The molecule has 0 aliphatic rings. The number of guanidine groups is 1. The molecule has 23 heavy (non-hydrogen) atoms. The van der Waals surface area contributed by atoms with Crippen LogP contribution >= 0.6 is 0 Å². The molecule has 0 saturated heterocycles. The van der Waals surface area contributed by atoms with Crippen molar-refractivity contribution >= 4 is 22.8 Å². The zero-order valence-electron chi connectivity index (χ0n) is 12.7. The van der Waals surface area contributed by atoms with Gasteiger partial charge in [-0.15, -0.1) is 0 Å². The molecule has 0 saturated carbocycles. The van der Waals surface area contributed by atoms with Crippen LogP contribution in [-0.2, 0) is 0 Å². The van der Waals surface area contributed by atoms with E-state index in [4.69, 9.17) is 11.5 Å². The Morgan fingerprint density at radius 1 is 1.04 bits per heavy atom. The Morgan fingerprint density at radius 3 is 2.48 bits per heavy atom. The molecule has 3 rings (SSSR count). The first kappa shape index (κ1) is 14.7. The van der Waals surface area contributed by atoms with Crippen molar-refractivity contribution < 1.29 is 4.79 Å². The summed E-state index contributed by atoms with van der Waals surface area (Å²) in [5.41, 5.74) is 14.5. The quantitative estimate of drug-likeness (QED) is 0.562. The molecule has 1 amide bonds. The topological polar surface area (TPSA) is 94.4 Å². The van der Waals surface area contributed by atoms with Crippen LogP contribution in [0.3, 0.4) is 0 Å². The van der Waals surface area contributed by atoms with Gasteiger partial charge in [0.1, 0.15) is 0 Å². The summed E-state index contributed by atoms with van der Waals surface area (Å²) in [6.45, 7) is 1.96. The van der Waals surface area contributed by atoms with E-state index in [1.165, 1.54) is 0 Å². The summed E-state index contributed by atoms with van der Waals surface area (Å²) in [7, 11) is 0. The largest absolute Gasteiger partial charge is 0.370 e. The molecule has 0 spiro atoms. The molecule has 2 aromatic carbocycles. The van der Waals surface area contributed by atoms with Crippen molar-refractivity contribution in [2.75, 3.05) is 0 Å². The van der Waals surface area contributed by atoms with E-state index in [0.29, 0.717) is 11.3 Å². The number of hydrogen-bond donors (Lipinski definition) is 2. The molecular formula is C18H16N4O. The maximum atomic E-state index is 12.4. The molecule has 1 heterocycles. The van der Waals surface area contributed by atoms with E-state index in [-0.39, 0.29) is 5.96 Å². The highest BCUT2D eigenvalue weighted by Crippen LogP contribution is 2.26. The fourth-order valence-electron chi connectivity index (χ4n) is 2.45. The average Bonchev–Trinajstić information content (AvgIpc) is 2.54. The van der Waals surface area contributed by atoms with Gasteiger partial charge in [-0.2, -0.15) is 4.99 Å². The van der Waals surface area contributed by atoms with Crippen molar-refractivity contribution in [3.8, 4) is 11.3 Å². The fourth-order valence-corrected chi connectivity index (χ4v) is 2.45. The number of hydrogen-bond acceptors (Lipinski definition) is 2. The number of aliphatic imine (C=N–C) groups is 1. The van der Waals surface area contributed by atoms with Gasteiger partial charge in [-0.3, -0.25) is 4.79 Å². The smallest absolute Gasteiger partial charge is 0.280 e. The lowest BCUT2D eigenvalue weighted by atomic mass is 10.0. The molecule has 0 aliphatic carbocycles. The van der Waals surface area contributed by atoms with Crippen molar-refractivity contribution in [3.05, 3.63) is 65.7 Å². The van der Waals surface area contributed by atoms with Gasteiger partial charge in [0.05, 0.1) is 16.8 Å². The third kappa shape index (κ3) is 3.03. The predicted molar refractivity (Wildman–Crippen MR) is 92.1 cm³/mol. The van der Waals surface area contributed by atoms with Gasteiger partial charge in [0.2, 0.25) is 0 Å². The summed E-state index contributed by atoms with van der Waals surface area (Å²) in [4.78, 5) is 20.7. The third-order valence-electron chi connectivity index (χ3n) is 3.49. The number of aryl methyl sites for hydroxylation is 1. The van der Waals surface area contributed by atoms with Crippen LogP contribution in [0.25, 0.3) is 22.2 Å². The fraction of sp³-hybridized carbons (Fsp3) is 0.0556. The monoisotopic (exact) mass is 304 g/mol. The maximum absolute atomic E-state index is 12.4. The summed E-state index contributed by atoms with van der Waals surface area (Å²) in [5.74, 6) is -0.728. The Morgan fingerprint density at radius 2 is 1.78 bits per heavy atom. The van der Waals surface area contributed by atoms with Crippen molar-refractivity contribution in [1.29, 1.82) is 0 Å². The van der Waals surface area contributed by atoms with Gasteiger partial charge in [0, 0.05) is 10.9 Å². The number of aromatic nitrogens is 1. The van der Waals surface area contributed by atoms with Gasteiger partial charge >= 0.3 is 0 Å². The first-order chi connectivity index (χ1) is 11.0. The van der Waals surface area contributed by atoms with Crippen LogP contribution in [-0.4, -0.2) is 16.9 Å². The minimum absolute atomic E-state index is 0.256. The second kappa shape index (κ2) is 5.88. The highest BCUT2D eigenvalue weighted by atomic mass is 16.1. The van der Waals surface area contributed by atoms with Gasteiger partial charge in [-0.05, 0) is 25.1 Å². The van der Waals surface area contributed by atoms with Gasteiger partial charge in [-0.25, -0.2) is 4.98 Å². The van der Waals surface area contributed by atoms with Crippen molar-refractivity contribution in [3.63, 3.8) is 0 Å². The number of benzene rings is 2. The average molecular weight is 304 g/mol. The van der Waals surface area contributed by atoms with E-state index in [0.717, 1.165) is 22.0 Å². The number of nitrogens with two attached hydrogens (primary N) is 2. The Bertz CT molecular complexity index is 913. The number of fused-ring (bicyclic) bond motifs is 1. The van der Waals surface area contributed by atoms with Crippen LogP contribution in [0.5, 0.6) is 0 Å². The van der Waals surface area contributed by atoms with E-state index in [1.807, 2.05) is 55.5 Å². The molecule has 5 nitrogen and oxygen atoms in total. The van der Waals surface area contributed by atoms with Crippen LogP contribution < -0.4 is 11.5 Å². The maximum Gasteiger partial charge on any atom is 0.280 e. The predicted octanol–water partition coefficient (Wildman–Crippen LogP) is 2.62. The number of rotatable bonds is 2. The van der Waals surface area contributed by atoms with E-state index in [1.54, 1.807) is 6.07 Å². The highest BCUT2D eigenvalue weighted by Gasteiger charge is 2.14. The molecule has 0 atom stereocenters. The van der Waals surface area contributed by atoms with Crippen LogP contribution in [0.4, 0.5) is 0 Å². The van der Waals surface area contributed by atoms with E-state index < -0.39 is 5.91 Å². The molecule has 0 bridgehead atoms. The number of carbonyl (C=O) groups excluding carboxylic acids is 1. The molecule has 5 heteroatoms. The zero-order valence-corrected chi connectivity index (χ0v) is 12.7. The van der Waals surface area contributed by atoms with Gasteiger partial charge < -0.3 is 11.5 Å². The van der Waals surface area contributed by atoms with Gasteiger partial charge in [0.15, 0.2) is 5.96 Å². The molecule has 114 valence electrons. The molecule has 0 radical (unpaired) electrons. The van der Waals surface area contributed by atoms with E-state index in [2.05, 4.69) is 9.98 Å². The van der Waals surface area contributed by atoms with Crippen LogP contribution in [0.2, 0.25) is 0 Å². The van der Waals surface area contributed by atoms with Gasteiger partial charge in [-0.1, -0.05) is 42.0 Å². The number of amides is 1. The Hall–Kier alpha value is -3.21. The molecule has 0 unspecified atom stereocenters. The van der Waals surface area contributed by atoms with E-state index >= 15 is 0 Å². The number of nitrogens with zero attached hydrogens (tertiary/aromatic N) is 2. The standard InChI is InChI=1S/C18H16N4O/c1-11-7-8-15-13(9-11)14(17(23)22-18(19)20)10-16(21-15)12-5-3-2-4-6-12/h2-10H,1H3,(H4,19,20,22,23). The molecule has 4 N–H and O–H groups in total. The molecular weight excluding hydrogens is 288 g/mol. The molecule has 0 aliphatic heterocycles. The lowest BCUT2D eigenvalue weighted by Crippen LogP contribution is -2.24. The van der Waals surface area contributed by atoms with Crippen LogP contribution in [0.15, 0.2) is 59.6 Å². The Kier molecular flexibility index (Phi) is 3.76. The van der Waals surface area contributed by atoms with Gasteiger partial charge in [0.25, 0.3) is 5.91 Å². The summed E-state index contributed by atoms with van der Waals surface area (Å²) in [5, 5.41) is 0.736. The van der Waals surface area contributed by atoms with Crippen LogP contribution in [0.1, 0.15) is 15.9 Å². The van der Waals surface area contributed by atoms with Crippen molar-refractivity contribution in [2.24, 2.45) is 16.5 Å². The zero-order chi connectivity index (χ0) is 16.4. The minimum atomic E-state index is -0.472. The second-order valence-electron chi connectivity index (χ2n) is 5.28. The van der Waals surface area contributed by atoms with E-state index in [9.17, 15) is 4.79 Å². The minimum Gasteiger partial charge on any atom is -0.370 e. The number of pyridine rings is 1. The summed E-state index contributed by atoms with van der Waals surface area (Å²) >= 11 is 0. The molecule has 1 aromatic heterocycles. The lowest BCUT2D eigenvalue weighted by Gasteiger charge is -2.08. The summed E-state index contributed by atoms with van der Waals surface area (Å²) < 4.78 is 0. The molecule has 0 fully saturated rings. The summed E-state index contributed by atoms with van der Waals surface area (Å²) in [6, 6.07) is 17.1. The van der Waals surface area contributed by atoms with Crippen LogP contribution in [0, 0.1) is 6.92 Å². The SMILES string of the molecule is Cc1ccc2nc(-c3ccccc3)cc(C(=O)N=C(N)N)c2c1.